The summed E-state index contributed by atoms with van der Waals surface area (Å²) in [7, 11) is -2.09. The van der Waals surface area contributed by atoms with E-state index in [4.69, 9.17) is 14.2 Å². The highest BCUT2D eigenvalue weighted by Crippen LogP contribution is 2.35. The molecule has 0 aliphatic carbocycles. The highest BCUT2D eigenvalue weighted by atomic mass is 32.2. The number of amides is 1. The Morgan fingerprint density at radius 3 is 2.64 bits per heavy atom. The number of anilines is 1. The first-order valence-electron chi connectivity index (χ1n) is 8.00. The zero-order valence-electron chi connectivity index (χ0n) is 14.6. The van der Waals surface area contributed by atoms with E-state index in [1.807, 2.05) is 0 Å². The van der Waals surface area contributed by atoms with Crippen molar-refractivity contribution in [2.24, 2.45) is 0 Å². The van der Waals surface area contributed by atoms with Crippen molar-refractivity contribution in [1.29, 1.82) is 0 Å². The van der Waals surface area contributed by atoms with Crippen LogP contribution < -0.4 is 19.1 Å². The lowest BCUT2D eigenvalue weighted by Crippen LogP contribution is -2.48. The molecule has 1 N–H and O–H groups in total. The number of fused-ring (bicyclic) bond motifs is 1. The van der Waals surface area contributed by atoms with E-state index in [0.717, 1.165) is 10.6 Å². The quantitative estimate of drug-likeness (QED) is 0.677. The van der Waals surface area contributed by atoms with Gasteiger partial charge in [-0.25, -0.2) is 8.42 Å². The molecule has 0 bridgehead atoms. The SMILES string of the molecule is COCCCNC(=O)[C@@H](C)N(c1ccc2c(c1)OCCO2)S(C)(=O)=O. The molecule has 0 fully saturated rings. The van der Waals surface area contributed by atoms with E-state index in [0.29, 0.717) is 50.0 Å². The fourth-order valence-electron chi connectivity index (χ4n) is 2.55. The second-order valence-corrected chi connectivity index (χ2v) is 7.56. The third-order valence-corrected chi connectivity index (χ3v) is 4.93. The second-order valence-electron chi connectivity index (χ2n) is 5.70. The van der Waals surface area contributed by atoms with Crippen molar-refractivity contribution in [1.82, 2.24) is 5.32 Å². The number of carbonyl (C=O) groups is 1. The maximum atomic E-state index is 12.3. The number of nitrogens with zero attached hydrogens (tertiary/aromatic N) is 1. The number of benzene rings is 1. The maximum Gasteiger partial charge on any atom is 0.243 e. The molecule has 140 valence electrons. The van der Waals surface area contributed by atoms with Crippen LogP contribution in [0.2, 0.25) is 0 Å². The molecule has 8 nitrogen and oxygen atoms in total. The van der Waals surface area contributed by atoms with Gasteiger partial charge in [0.1, 0.15) is 19.3 Å². The summed E-state index contributed by atoms with van der Waals surface area (Å²) in [5.41, 5.74) is 0.353. The monoisotopic (exact) mass is 372 g/mol. The minimum Gasteiger partial charge on any atom is -0.486 e. The summed E-state index contributed by atoms with van der Waals surface area (Å²) in [6.45, 7) is 3.32. The van der Waals surface area contributed by atoms with Gasteiger partial charge in [-0.05, 0) is 25.5 Å². The molecule has 0 unspecified atom stereocenters. The molecule has 1 aliphatic rings. The summed E-state index contributed by atoms with van der Waals surface area (Å²) < 4.78 is 41.5. The van der Waals surface area contributed by atoms with Crippen LogP contribution in [-0.2, 0) is 19.6 Å². The summed E-state index contributed by atoms with van der Waals surface area (Å²) in [6.07, 6.45) is 1.72. The summed E-state index contributed by atoms with van der Waals surface area (Å²) in [5.74, 6) is 0.640. The number of methoxy groups -OCH3 is 1. The number of nitrogens with one attached hydrogen (secondary N) is 1. The average Bonchev–Trinajstić information content (AvgIpc) is 2.57. The molecule has 25 heavy (non-hydrogen) atoms. The number of hydrogen-bond donors (Lipinski definition) is 1. The van der Waals surface area contributed by atoms with Gasteiger partial charge in [0.15, 0.2) is 11.5 Å². The molecule has 0 saturated carbocycles. The summed E-state index contributed by atoms with van der Waals surface area (Å²) in [5, 5.41) is 2.72. The van der Waals surface area contributed by atoms with Gasteiger partial charge in [-0.15, -0.1) is 0 Å². The Morgan fingerprint density at radius 1 is 1.32 bits per heavy atom. The Bertz CT molecular complexity index is 707. The highest BCUT2D eigenvalue weighted by Gasteiger charge is 2.30. The zero-order valence-corrected chi connectivity index (χ0v) is 15.5. The van der Waals surface area contributed by atoms with Crippen LogP contribution in [0.5, 0.6) is 11.5 Å². The summed E-state index contributed by atoms with van der Waals surface area (Å²) in [4.78, 5) is 12.3. The molecule has 1 aliphatic heterocycles. The lowest BCUT2D eigenvalue weighted by Gasteiger charge is -2.29. The largest absolute Gasteiger partial charge is 0.486 e. The zero-order chi connectivity index (χ0) is 18.4. The Labute approximate surface area is 148 Å². The molecule has 0 radical (unpaired) electrons. The van der Waals surface area contributed by atoms with Crippen molar-refractivity contribution < 1.29 is 27.4 Å². The van der Waals surface area contributed by atoms with Gasteiger partial charge in [-0.1, -0.05) is 0 Å². The number of sulfonamides is 1. The third kappa shape index (κ3) is 4.99. The van der Waals surface area contributed by atoms with E-state index >= 15 is 0 Å². The van der Waals surface area contributed by atoms with Crippen LogP contribution >= 0.6 is 0 Å². The Hall–Kier alpha value is -2.00. The van der Waals surface area contributed by atoms with Gasteiger partial charge in [-0.3, -0.25) is 9.10 Å². The highest BCUT2D eigenvalue weighted by molar-refractivity contribution is 7.92. The van der Waals surface area contributed by atoms with E-state index in [-0.39, 0.29) is 5.91 Å². The van der Waals surface area contributed by atoms with Gasteiger partial charge in [0.25, 0.3) is 0 Å². The fraction of sp³-hybridized carbons (Fsp3) is 0.562. The van der Waals surface area contributed by atoms with Gasteiger partial charge < -0.3 is 19.5 Å². The normalized spacial score (nSPS) is 14.7. The van der Waals surface area contributed by atoms with Crippen LogP contribution in [-0.4, -0.2) is 60.1 Å². The van der Waals surface area contributed by atoms with Crippen LogP contribution in [0.3, 0.4) is 0 Å². The van der Waals surface area contributed by atoms with Crippen molar-refractivity contribution in [3.63, 3.8) is 0 Å². The van der Waals surface area contributed by atoms with Crippen LogP contribution in [0.15, 0.2) is 18.2 Å². The van der Waals surface area contributed by atoms with Crippen LogP contribution in [0.25, 0.3) is 0 Å². The van der Waals surface area contributed by atoms with E-state index in [1.54, 1.807) is 32.2 Å². The molecule has 1 heterocycles. The van der Waals surface area contributed by atoms with Crippen LogP contribution in [0.1, 0.15) is 13.3 Å². The van der Waals surface area contributed by atoms with Crippen molar-refractivity contribution in [2.75, 3.05) is 44.0 Å². The first-order chi connectivity index (χ1) is 11.8. The Balaban J connectivity index is 2.20. The number of hydrogen-bond acceptors (Lipinski definition) is 6. The van der Waals surface area contributed by atoms with Gasteiger partial charge in [0.2, 0.25) is 15.9 Å². The predicted octanol–water partition coefficient (Wildman–Crippen LogP) is 0.765. The molecule has 0 spiro atoms. The van der Waals surface area contributed by atoms with Crippen molar-refractivity contribution >= 4 is 21.6 Å². The van der Waals surface area contributed by atoms with Gasteiger partial charge in [-0.2, -0.15) is 0 Å². The minimum atomic E-state index is -3.67. The second kappa shape index (κ2) is 8.39. The minimum absolute atomic E-state index is 0.353. The first-order valence-corrected chi connectivity index (χ1v) is 9.85. The van der Waals surface area contributed by atoms with E-state index < -0.39 is 16.1 Å². The van der Waals surface area contributed by atoms with E-state index in [9.17, 15) is 13.2 Å². The molecule has 0 saturated heterocycles. The summed E-state index contributed by atoms with van der Waals surface area (Å²) in [6, 6.07) is 3.92. The molecule has 1 aromatic rings. The molecule has 0 aromatic heterocycles. The number of carbonyl (C=O) groups excluding carboxylic acids is 1. The van der Waals surface area contributed by atoms with Crippen molar-refractivity contribution in [2.45, 2.75) is 19.4 Å². The maximum absolute atomic E-state index is 12.3. The summed E-state index contributed by atoms with van der Waals surface area (Å²) >= 11 is 0. The molecule has 1 aromatic carbocycles. The molecular weight excluding hydrogens is 348 g/mol. The lowest BCUT2D eigenvalue weighted by molar-refractivity contribution is -0.121. The van der Waals surface area contributed by atoms with Gasteiger partial charge >= 0.3 is 0 Å². The smallest absolute Gasteiger partial charge is 0.243 e. The average molecular weight is 372 g/mol. The van der Waals surface area contributed by atoms with E-state index in [2.05, 4.69) is 5.32 Å². The topological polar surface area (TPSA) is 94.2 Å². The van der Waals surface area contributed by atoms with Gasteiger partial charge in [0, 0.05) is 26.3 Å². The van der Waals surface area contributed by atoms with Gasteiger partial charge in [0.05, 0.1) is 11.9 Å². The standard InChI is InChI=1S/C16H24N2O6S/c1-12(16(19)17-7-4-8-22-2)18(25(3,20)21)13-5-6-14-15(11-13)24-10-9-23-14/h5-6,11-12H,4,7-10H2,1-3H3,(H,17,19)/t12-/m1/s1. The predicted molar refractivity (Wildman–Crippen MR) is 93.7 cm³/mol. The Kier molecular flexibility index (Phi) is 6.49. The molecule has 1 atom stereocenters. The van der Waals surface area contributed by atoms with E-state index in [1.165, 1.54) is 0 Å². The molecular formula is C16H24N2O6S. The van der Waals surface area contributed by atoms with Crippen molar-refractivity contribution in [3.05, 3.63) is 18.2 Å². The molecule has 9 heteroatoms. The Morgan fingerprint density at radius 2 is 2.00 bits per heavy atom. The molecule has 2 rings (SSSR count). The third-order valence-electron chi connectivity index (χ3n) is 3.69. The van der Waals surface area contributed by atoms with Crippen LogP contribution in [0.4, 0.5) is 5.69 Å². The first kappa shape index (κ1) is 19.3. The molecule has 1 amide bonds. The van der Waals surface area contributed by atoms with Crippen molar-refractivity contribution in [3.8, 4) is 11.5 Å². The number of rotatable bonds is 8. The fourth-order valence-corrected chi connectivity index (χ4v) is 3.72. The number of ether oxygens (including phenoxy) is 3. The van der Waals surface area contributed by atoms with Crippen LogP contribution in [0, 0.1) is 0 Å². The lowest BCUT2D eigenvalue weighted by atomic mass is 10.2.